The number of aliphatic imine (C=N–C) groups is 1. The Hall–Kier alpha value is -2.24. The summed E-state index contributed by atoms with van der Waals surface area (Å²) in [4.78, 5) is 39.0. The first-order valence-electron chi connectivity index (χ1n) is 7.19. The number of carbonyl (C=O) groups excluding carboxylic acids is 3. The number of primary sulfonamides is 1. The summed E-state index contributed by atoms with van der Waals surface area (Å²) in [5.74, 6) is -2.22. The standard InChI is InChI=1S/C14H16N4O5S2/c1-2-10-12(20)17-14(18-13(10)21)24-7-11(19)16-8-3-5-9(6-4-8)25(15,22)23/h3-6,10H,2,7H2,1H3,(H,16,19)(H2,15,22,23)(H,17,18,20,21). The Bertz CT molecular complexity index is 833. The number of carbonyl (C=O) groups is 3. The zero-order chi connectivity index (χ0) is 18.6. The van der Waals surface area contributed by atoms with Crippen molar-refractivity contribution in [2.75, 3.05) is 11.1 Å². The van der Waals surface area contributed by atoms with Gasteiger partial charge in [0.15, 0.2) is 5.17 Å². The second kappa shape index (κ2) is 7.76. The van der Waals surface area contributed by atoms with Crippen molar-refractivity contribution in [1.29, 1.82) is 0 Å². The molecule has 1 aliphatic heterocycles. The number of benzene rings is 1. The molecule has 1 aromatic rings. The number of anilines is 1. The van der Waals surface area contributed by atoms with E-state index in [2.05, 4.69) is 15.6 Å². The average molecular weight is 384 g/mol. The monoisotopic (exact) mass is 384 g/mol. The number of amidine groups is 1. The quantitative estimate of drug-likeness (QED) is 0.611. The Morgan fingerprint density at radius 2 is 1.96 bits per heavy atom. The summed E-state index contributed by atoms with van der Waals surface area (Å²) >= 11 is 0.921. The van der Waals surface area contributed by atoms with Crippen LogP contribution in [0.1, 0.15) is 13.3 Å². The highest BCUT2D eigenvalue weighted by Crippen LogP contribution is 2.16. The molecule has 0 radical (unpaired) electrons. The molecule has 4 N–H and O–H groups in total. The predicted molar refractivity (Wildman–Crippen MR) is 93.3 cm³/mol. The van der Waals surface area contributed by atoms with Gasteiger partial charge in [0.2, 0.25) is 21.8 Å². The van der Waals surface area contributed by atoms with Crippen LogP contribution < -0.4 is 15.8 Å². The molecule has 3 amide bonds. The van der Waals surface area contributed by atoms with E-state index in [9.17, 15) is 22.8 Å². The molecule has 0 spiro atoms. The molecule has 0 saturated heterocycles. The lowest BCUT2D eigenvalue weighted by molar-refractivity contribution is -0.133. The minimum absolute atomic E-state index is 0.0665. The van der Waals surface area contributed by atoms with Gasteiger partial charge in [0.05, 0.1) is 10.6 Å². The highest BCUT2D eigenvalue weighted by atomic mass is 32.2. The molecule has 2 rings (SSSR count). The van der Waals surface area contributed by atoms with Crippen molar-refractivity contribution >= 4 is 50.4 Å². The number of nitrogens with one attached hydrogen (secondary N) is 2. The topological polar surface area (TPSA) is 148 Å². The number of amides is 3. The first kappa shape index (κ1) is 19.1. The normalized spacial score (nSPS) is 17.7. The van der Waals surface area contributed by atoms with E-state index in [0.29, 0.717) is 12.1 Å². The van der Waals surface area contributed by atoms with Crippen molar-refractivity contribution in [1.82, 2.24) is 5.32 Å². The van der Waals surface area contributed by atoms with Crippen molar-refractivity contribution < 1.29 is 22.8 Å². The molecule has 1 aromatic carbocycles. The summed E-state index contributed by atoms with van der Waals surface area (Å²) in [6.45, 7) is 1.71. The van der Waals surface area contributed by atoms with Crippen molar-refractivity contribution in [2.24, 2.45) is 16.0 Å². The maximum atomic E-state index is 11.9. The van der Waals surface area contributed by atoms with E-state index < -0.39 is 33.7 Å². The van der Waals surface area contributed by atoms with Gasteiger partial charge in [-0.1, -0.05) is 18.7 Å². The van der Waals surface area contributed by atoms with Crippen molar-refractivity contribution in [2.45, 2.75) is 18.2 Å². The van der Waals surface area contributed by atoms with Crippen molar-refractivity contribution in [3.8, 4) is 0 Å². The molecule has 0 fully saturated rings. The summed E-state index contributed by atoms with van der Waals surface area (Å²) < 4.78 is 22.3. The van der Waals surface area contributed by atoms with Gasteiger partial charge in [0.25, 0.3) is 5.91 Å². The number of rotatable bonds is 5. The van der Waals surface area contributed by atoms with Crippen molar-refractivity contribution in [3.05, 3.63) is 24.3 Å². The van der Waals surface area contributed by atoms with Crippen LogP contribution in [0.4, 0.5) is 5.69 Å². The molecule has 11 heteroatoms. The lowest BCUT2D eigenvalue weighted by atomic mass is 10.0. The van der Waals surface area contributed by atoms with Crippen LogP contribution in [0.2, 0.25) is 0 Å². The lowest BCUT2D eigenvalue weighted by Crippen LogP contribution is -2.42. The number of nitrogens with zero attached hydrogens (tertiary/aromatic N) is 1. The highest BCUT2D eigenvalue weighted by molar-refractivity contribution is 8.14. The van der Waals surface area contributed by atoms with E-state index in [1.807, 2.05) is 0 Å². The third-order valence-corrected chi connectivity index (χ3v) is 5.07. The summed E-state index contributed by atoms with van der Waals surface area (Å²) in [5, 5.41) is 10.1. The molecular weight excluding hydrogens is 368 g/mol. The lowest BCUT2D eigenvalue weighted by Gasteiger charge is -2.18. The summed E-state index contributed by atoms with van der Waals surface area (Å²) in [7, 11) is -3.79. The zero-order valence-electron chi connectivity index (χ0n) is 13.2. The van der Waals surface area contributed by atoms with Crippen LogP contribution in [0.15, 0.2) is 34.2 Å². The molecule has 0 saturated carbocycles. The molecule has 134 valence electrons. The van der Waals surface area contributed by atoms with Crippen LogP contribution in [0.3, 0.4) is 0 Å². The van der Waals surface area contributed by atoms with Crippen LogP contribution in [0.25, 0.3) is 0 Å². The van der Waals surface area contributed by atoms with Gasteiger partial charge in [0, 0.05) is 5.69 Å². The van der Waals surface area contributed by atoms with Gasteiger partial charge in [-0.15, -0.1) is 0 Å². The molecule has 0 aliphatic carbocycles. The van der Waals surface area contributed by atoms with E-state index in [1.54, 1.807) is 6.92 Å². The molecule has 0 aromatic heterocycles. The Morgan fingerprint density at radius 1 is 1.32 bits per heavy atom. The largest absolute Gasteiger partial charge is 0.325 e. The van der Waals surface area contributed by atoms with E-state index in [0.717, 1.165) is 11.8 Å². The zero-order valence-corrected chi connectivity index (χ0v) is 14.8. The van der Waals surface area contributed by atoms with Gasteiger partial charge in [-0.3, -0.25) is 14.4 Å². The molecule has 1 unspecified atom stereocenters. The number of sulfonamides is 1. The second-order valence-corrected chi connectivity index (χ2v) is 7.64. The number of hydrogen-bond donors (Lipinski definition) is 3. The highest BCUT2D eigenvalue weighted by Gasteiger charge is 2.30. The molecule has 9 nitrogen and oxygen atoms in total. The van der Waals surface area contributed by atoms with Crippen LogP contribution in [0.5, 0.6) is 0 Å². The van der Waals surface area contributed by atoms with Gasteiger partial charge in [-0.05, 0) is 30.7 Å². The maximum absolute atomic E-state index is 11.9. The van der Waals surface area contributed by atoms with Crippen molar-refractivity contribution in [3.63, 3.8) is 0 Å². The Labute approximate surface area is 148 Å². The van der Waals surface area contributed by atoms with Gasteiger partial charge >= 0.3 is 0 Å². The fourth-order valence-corrected chi connectivity index (χ4v) is 3.18. The molecular formula is C14H16N4O5S2. The molecule has 25 heavy (non-hydrogen) atoms. The summed E-state index contributed by atoms with van der Waals surface area (Å²) in [6.07, 6.45) is 0.362. The first-order valence-corrected chi connectivity index (χ1v) is 9.73. The minimum Gasteiger partial charge on any atom is -0.325 e. The predicted octanol–water partition coefficient (Wildman–Crippen LogP) is 0.0443. The number of nitrogens with two attached hydrogens (primary N) is 1. The van der Waals surface area contributed by atoms with Crippen LogP contribution >= 0.6 is 11.8 Å². The van der Waals surface area contributed by atoms with E-state index in [1.165, 1.54) is 24.3 Å². The third-order valence-electron chi connectivity index (χ3n) is 3.27. The Morgan fingerprint density at radius 3 is 2.48 bits per heavy atom. The van der Waals surface area contributed by atoms with E-state index in [4.69, 9.17) is 5.14 Å². The second-order valence-electron chi connectivity index (χ2n) is 5.11. The van der Waals surface area contributed by atoms with E-state index >= 15 is 0 Å². The first-order chi connectivity index (χ1) is 11.7. The fourth-order valence-electron chi connectivity index (χ4n) is 2.00. The SMILES string of the molecule is CCC1C(=O)N=C(SCC(=O)Nc2ccc(S(N)(=O)=O)cc2)NC1=O. The van der Waals surface area contributed by atoms with Crippen LogP contribution in [-0.4, -0.2) is 37.1 Å². The smallest absolute Gasteiger partial charge is 0.260 e. The third kappa shape index (κ3) is 5.11. The van der Waals surface area contributed by atoms with Gasteiger partial charge in [-0.25, -0.2) is 13.6 Å². The van der Waals surface area contributed by atoms with Crippen LogP contribution in [-0.2, 0) is 24.4 Å². The van der Waals surface area contributed by atoms with Gasteiger partial charge in [-0.2, -0.15) is 4.99 Å². The van der Waals surface area contributed by atoms with Gasteiger partial charge in [0.1, 0.15) is 5.92 Å². The minimum atomic E-state index is -3.79. The number of thioether (sulfide) groups is 1. The molecule has 1 aliphatic rings. The Kier molecular flexibility index (Phi) is 5.93. The summed E-state index contributed by atoms with van der Waals surface area (Å²) in [5.41, 5.74) is 0.384. The number of hydrogen-bond acceptors (Lipinski definition) is 6. The van der Waals surface area contributed by atoms with Gasteiger partial charge < -0.3 is 10.6 Å². The molecule has 1 atom stereocenters. The molecule has 0 bridgehead atoms. The molecule has 1 heterocycles. The van der Waals surface area contributed by atoms with E-state index in [-0.39, 0.29) is 15.8 Å². The maximum Gasteiger partial charge on any atom is 0.260 e. The Balaban J connectivity index is 1.91. The average Bonchev–Trinajstić information content (AvgIpc) is 2.52. The fraction of sp³-hybridized carbons (Fsp3) is 0.286. The summed E-state index contributed by atoms with van der Waals surface area (Å²) in [6, 6.07) is 5.34. The van der Waals surface area contributed by atoms with Crippen LogP contribution in [0, 0.1) is 5.92 Å².